The Labute approximate surface area is 250 Å². The maximum absolute atomic E-state index is 14.2. The summed E-state index contributed by atoms with van der Waals surface area (Å²) in [5, 5.41) is 13.3. The Hall–Kier alpha value is -4.28. The number of ether oxygens (including phenoxy) is 2. The minimum Gasteiger partial charge on any atom is -0.507 e. The highest BCUT2D eigenvalue weighted by molar-refractivity contribution is 7.89. The number of hydrogen-bond acceptors (Lipinski definition) is 6. The van der Waals surface area contributed by atoms with Gasteiger partial charge in [-0.05, 0) is 42.7 Å². The second kappa shape index (κ2) is 11.8. The molecule has 0 amide bonds. The van der Waals surface area contributed by atoms with E-state index in [0.717, 1.165) is 22.9 Å². The molecule has 5 aromatic rings. The number of nitrogens with zero attached hydrogens (tertiary/aromatic N) is 1. The van der Waals surface area contributed by atoms with Crippen LogP contribution >= 0.6 is 0 Å². The number of nitrogens with one attached hydrogen (secondary N) is 2. The molecule has 1 atom stereocenters. The number of hydrogen-bond donors (Lipinski definition) is 3. The topological polar surface area (TPSA) is 123 Å². The van der Waals surface area contributed by atoms with Gasteiger partial charge in [-0.2, -0.15) is 0 Å². The van der Waals surface area contributed by atoms with Crippen LogP contribution in [-0.2, 0) is 23.5 Å². The lowest BCUT2D eigenvalue weighted by molar-refractivity contribution is 0.169. The van der Waals surface area contributed by atoms with E-state index in [-0.39, 0.29) is 29.2 Å². The van der Waals surface area contributed by atoms with Crippen molar-refractivity contribution in [3.05, 3.63) is 99.5 Å². The van der Waals surface area contributed by atoms with Gasteiger partial charge in [0, 0.05) is 41.1 Å². The molecule has 1 aliphatic heterocycles. The molecular weight excluding hydrogens is 566 g/mol. The number of aryl methyl sites for hydroxylation is 1. The second-order valence-corrected chi connectivity index (χ2v) is 12.8. The third-order valence-electron chi connectivity index (χ3n) is 8.11. The van der Waals surface area contributed by atoms with Gasteiger partial charge in [0.1, 0.15) is 19.0 Å². The van der Waals surface area contributed by atoms with Crippen LogP contribution in [0.5, 0.6) is 17.2 Å². The summed E-state index contributed by atoms with van der Waals surface area (Å²) in [5.41, 5.74) is 3.49. The molecule has 0 spiro atoms. The van der Waals surface area contributed by atoms with Crippen molar-refractivity contribution in [2.75, 3.05) is 25.5 Å². The van der Waals surface area contributed by atoms with Crippen molar-refractivity contribution in [1.29, 1.82) is 0 Å². The van der Waals surface area contributed by atoms with E-state index in [9.17, 15) is 18.3 Å². The fourth-order valence-corrected chi connectivity index (χ4v) is 7.24. The lowest BCUT2D eigenvalue weighted by atomic mass is 9.84. The van der Waals surface area contributed by atoms with Crippen molar-refractivity contribution in [2.45, 2.75) is 32.1 Å². The molecule has 10 heteroatoms. The van der Waals surface area contributed by atoms with Gasteiger partial charge in [0.25, 0.3) is 5.56 Å². The van der Waals surface area contributed by atoms with Gasteiger partial charge < -0.3 is 24.1 Å². The molecule has 0 fully saturated rings. The van der Waals surface area contributed by atoms with Crippen molar-refractivity contribution in [2.24, 2.45) is 7.05 Å². The Balaban J connectivity index is 1.59. The van der Waals surface area contributed by atoms with Crippen LogP contribution in [-0.4, -0.2) is 48.6 Å². The molecule has 9 nitrogen and oxygen atoms in total. The maximum Gasteiger partial charge on any atom is 0.258 e. The zero-order valence-electron chi connectivity index (χ0n) is 24.2. The van der Waals surface area contributed by atoms with Crippen LogP contribution in [0, 0.1) is 0 Å². The summed E-state index contributed by atoms with van der Waals surface area (Å²) in [6.07, 6.45) is 1.73. The fourth-order valence-electron chi connectivity index (χ4n) is 6.02. The molecule has 0 radical (unpaired) electrons. The standard InChI is InChI=1S/C33H35N3O6S/c1-3-4-20-43(39,40)34-17-16-22-21-10-5-7-13-25(21)35-30(22)28(24-12-9-15-27-32(24)42-19-18-41-27)29-31(37)23-11-6-8-14-26(23)36(2)33(29)38/h5-15,28,34-35,37H,3-4,16-20H2,1-2H3. The summed E-state index contributed by atoms with van der Waals surface area (Å²) >= 11 is 0. The van der Waals surface area contributed by atoms with E-state index >= 15 is 0 Å². The largest absolute Gasteiger partial charge is 0.507 e. The molecule has 43 heavy (non-hydrogen) atoms. The molecule has 2 aromatic heterocycles. The van der Waals surface area contributed by atoms with E-state index in [2.05, 4.69) is 9.71 Å². The number of pyridine rings is 1. The molecule has 3 N–H and O–H groups in total. The molecule has 6 rings (SSSR count). The van der Waals surface area contributed by atoms with E-state index in [1.165, 1.54) is 0 Å². The second-order valence-electron chi connectivity index (χ2n) is 10.8. The van der Waals surface area contributed by atoms with Gasteiger partial charge in [-0.1, -0.05) is 55.8 Å². The van der Waals surface area contributed by atoms with Crippen LogP contribution < -0.4 is 19.8 Å². The predicted octanol–water partition coefficient (Wildman–Crippen LogP) is 4.94. The van der Waals surface area contributed by atoms with Crippen molar-refractivity contribution < 1.29 is 23.0 Å². The Morgan fingerprint density at radius 1 is 1.00 bits per heavy atom. The number of fused-ring (bicyclic) bond motifs is 3. The summed E-state index contributed by atoms with van der Waals surface area (Å²) < 4.78 is 41.6. The van der Waals surface area contributed by atoms with Gasteiger partial charge in [0.2, 0.25) is 10.0 Å². The van der Waals surface area contributed by atoms with Crippen molar-refractivity contribution >= 4 is 31.8 Å². The van der Waals surface area contributed by atoms with E-state index < -0.39 is 15.9 Å². The van der Waals surface area contributed by atoms with Crippen molar-refractivity contribution in [3.63, 3.8) is 0 Å². The molecule has 3 heterocycles. The Kier molecular flexibility index (Phi) is 7.89. The number of aromatic amines is 1. The molecule has 0 aliphatic carbocycles. The van der Waals surface area contributed by atoms with E-state index in [1.54, 1.807) is 23.7 Å². The first-order chi connectivity index (χ1) is 20.8. The van der Waals surface area contributed by atoms with Gasteiger partial charge in [-0.15, -0.1) is 0 Å². The Morgan fingerprint density at radius 3 is 2.56 bits per heavy atom. The summed E-state index contributed by atoms with van der Waals surface area (Å²) in [7, 11) is -1.74. The SMILES string of the molecule is CCCCS(=O)(=O)NCCc1c(C(c2cccc3c2OCCO3)c2c(O)c3ccccc3n(C)c2=O)[nH]c2ccccc12. The number of aromatic hydroxyl groups is 1. The van der Waals surface area contributed by atoms with Crippen molar-refractivity contribution in [3.8, 4) is 17.2 Å². The third-order valence-corrected chi connectivity index (χ3v) is 9.58. The van der Waals surface area contributed by atoms with Crippen LogP contribution in [0.4, 0.5) is 0 Å². The number of rotatable bonds is 10. The van der Waals surface area contributed by atoms with Crippen LogP contribution in [0.2, 0.25) is 0 Å². The third kappa shape index (κ3) is 5.36. The number of aromatic nitrogens is 2. The number of para-hydroxylation sites is 3. The molecule has 0 saturated carbocycles. The van der Waals surface area contributed by atoms with Crippen LogP contribution in [0.15, 0.2) is 71.5 Å². The molecule has 0 saturated heterocycles. The fraction of sp³-hybridized carbons (Fsp3) is 0.303. The van der Waals surface area contributed by atoms with Gasteiger partial charge >= 0.3 is 0 Å². The number of benzene rings is 3. The summed E-state index contributed by atoms with van der Waals surface area (Å²) in [5.74, 6) is 0.258. The van der Waals surface area contributed by atoms with Crippen LogP contribution in [0.3, 0.4) is 0 Å². The van der Waals surface area contributed by atoms with Gasteiger partial charge in [-0.25, -0.2) is 13.1 Å². The number of unbranched alkanes of at least 4 members (excludes halogenated alkanes) is 1. The van der Waals surface area contributed by atoms with Gasteiger partial charge in [0.15, 0.2) is 11.5 Å². The molecule has 224 valence electrons. The average Bonchev–Trinajstić information content (AvgIpc) is 3.38. The van der Waals surface area contributed by atoms with E-state index in [1.807, 2.05) is 61.5 Å². The predicted molar refractivity (Wildman–Crippen MR) is 168 cm³/mol. The molecule has 1 unspecified atom stereocenters. The first kappa shape index (κ1) is 28.8. The normalized spacial score (nSPS) is 13.9. The highest BCUT2D eigenvalue weighted by atomic mass is 32.2. The molecule has 1 aliphatic rings. The summed E-state index contributed by atoms with van der Waals surface area (Å²) in [6, 6.07) is 20.6. The smallest absolute Gasteiger partial charge is 0.258 e. The minimum atomic E-state index is -3.43. The van der Waals surface area contributed by atoms with E-state index in [4.69, 9.17) is 9.47 Å². The molecule has 3 aromatic carbocycles. The van der Waals surface area contributed by atoms with E-state index in [0.29, 0.717) is 59.7 Å². The number of sulfonamides is 1. The summed E-state index contributed by atoms with van der Waals surface area (Å²) in [4.78, 5) is 17.7. The monoisotopic (exact) mass is 601 g/mol. The molecular formula is C33H35N3O6S. The lowest BCUT2D eigenvalue weighted by Gasteiger charge is -2.27. The first-order valence-corrected chi connectivity index (χ1v) is 16.2. The van der Waals surface area contributed by atoms with Crippen molar-refractivity contribution in [1.82, 2.24) is 14.3 Å². The number of H-pyrrole nitrogens is 1. The van der Waals surface area contributed by atoms with Gasteiger partial charge in [-0.3, -0.25) is 4.79 Å². The van der Waals surface area contributed by atoms with Crippen LogP contribution in [0.25, 0.3) is 21.8 Å². The highest BCUT2D eigenvalue weighted by Gasteiger charge is 2.34. The highest BCUT2D eigenvalue weighted by Crippen LogP contribution is 2.46. The zero-order chi connectivity index (χ0) is 30.1. The quantitative estimate of drug-likeness (QED) is 0.209. The molecule has 0 bridgehead atoms. The minimum absolute atomic E-state index is 0.0708. The van der Waals surface area contributed by atoms with Crippen LogP contribution in [0.1, 0.15) is 48.1 Å². The lowest BCUT2D eigenvalue weighted by Crippen LogP contribution is -2.29. The first-order valence-electron chi connectivity index (χ1n) is 14.6. The summed E-state index contributed by atoms with van der Waals surface area (Å²) in [6.45, 7) is 2.89. The Morgan fingerprint density at radius 2 is 1.74 bits per heavy atom. The zero-order valence-corrected chi connectivity index (χ0v) is 25.0. The average molecular weight is 602 g/mol. The van der Waals surface area contributed by atoms with Gasteiger partial charge in [0.05, 0.1) is 22.8 Å². The Bertz CT molecular complexity index is 1980. The maximum atomic E-state index is 14.2.